The molecule has 6 heteroatoms. The minimum Gasteiger partial charge on any atom is -0.307 e. The van der Waals surface area contributed by atoms with Crippen LogP contribution in [0.15, 0.2) is 24.3 Å². The van der Waals surface area contributed by atoms with Crippen molar-refractivity contribution in [1.82, 2.24) is 15.3 Å². The summed E-state index contributed by atoms with van der Waals surface area (Å²) in [7, 11) is 0. The molecule has 0 amide bonds. The predicted molar refractivity (Wildman–Crippen MR) is 78.8 cm³/mol. The van der Waals surface area contributed by atoms with Gasteiger partial charge in [-0.1, -0.05) is 26.0 Å². The summed E-state index contributed by atoms with van der Waals surface area (Å²) >= 11 is 0. The number of nitrogens with zero attached hydrogens (tertiary/aromatic N) is 3. The lowest BCUT2D eigenvalue weighted by atomic mass is 10.0. The second kappa shape index (κ2) is 5.21. The number of rotatable bonds is 3. The molecule has 0 unspecified atom stereocenters. The summed E-state index contributed by atoms with van der Waals surface area (Å²) in [6.07, 6.45) is 0. The monoisotopic (exact) mass is 284 g/mol. The minimum atomic E-state index is -0.390. The molecule has 1 aromatic carbocycles. The van der Waals surface area contributed by atoms with Crippen molar-refractivity contribution in [2.45, 2.75) is 32.9 Å². The van der Waals surface area contributed by atoms with Gasteiger partial charge in [0.05, 0.1) is 21.9 Å². The van der Waals surface area contributed by atoms with Crippen LogP contribution < -0.4 is 5.32 Å². The number of para-hydroxylation sites is 1. The molecule has 1 aliphatic rings. The Morgan fingerprint density at radius 1 is 1.24 bits per heavy atom. The Bertz CT molecular complexity index is 713. The Morgan fingerprint density at radius 2 is 2.00 bits per heavy atom. The zero-order chi connectivity index (χ0) is 15.0. The lowest BCUT2D eigenvalue weighted by Crippen LogP contribution is -2.06. The molecule has 1 aromatic heterocycles. The first kappa shape index (κ1) is 13.6. The summed E-state index contributed by atoms with van der Waals surface area (Å²) < 4.78 is 0. The number of aromatic nitrogens is 2. The van der Waals surface area contributed by atoms with E-state index in [9.17, 15) is 10.1 Å². The van der Waals surface area contributed by atoms with E-state index in [-0.39, 0.29) is 16.5 Å². The maximum absolute atomic E-state index is 11.2. The van der Waals surface area contributed by atoms with Crippen molar-refractivity contribution >= 4 is 5.69 Å². The van der Waals surface area contributed by atoms with Crippen LogP contribution in [-0.4, -0.2) is 14.9 Å². The average molecular weight is 284 g/mol. The Hall–Kier alpha value is -2.34. The van der Waals surface area contributed by atoms with Gasteiger partial charge in [0.1, 0.15) is 0 Å². The van der Waals surface area contributed by atoms with E-state index in [2.05, 4.69) is 29.1 Å². The van der Waals surface area contributed by atoms with Crippen molar-refractivity contribution in [3.63, 3.8) is 0 Å². The topological polar surface area (TPSA) is 81.0 Å². The summed E-state index contributed by atoms with van der Waals surface area (Å²) in [5, 5.41) is 14.4. The highest BCUT2D eigenvalue weighted by atomic mass is 16.6. The molecule has 0 bridgehead atoms. The van der Waals surface area contributed by atoms with E-state index in [0.29, 0.717) is 17.9 Å². The van der Waals surface area contributed by atoms with Crippen molar-refractivity contribution in [3.05, 3.63) is 51.3 Å². The number of nitro groups is 1. The van der Waals surface area contributed by atoms with Crippen molar-refractivity contribution in [2.24, 2.45) is 0 Å². The molecule has 0 saturated heterocycles. The number of hydrogen-bond donors (Lipinski definition) is 1. The fraction of sp³-hybridized carbons (Fsp3) is 0.333. The third-order valence-corrected chi connectivity index (χ3v) is 3.61. The zero-order valence-electron chi connectivity index (χ0n) is 12.0. The summed E-state index contributed by atoms with van der Waals surface area (Å²) in [6.45, 7) is 5.60. The molecule has 21 heavy (non-hydrogen) atoms. The normalized spacial score (nSPS) is 13.5. The van der Waals surface area contributed by atoms with E-state index in [0.717, 1.165) is 23.5 Å². The first-order chi connectivity index (χ1) is 10.1. The van der Waals surface area contributed by atoms with Crippen molar-refractivity contribution < 1.29 is 4.92 Å². The van der Waals surface area contributed by atoms with Crippen LogP contribution in [0.1, 0.15) is 36.7 Å². The molecule has 0 saturated carbocycles. The Balaban J connectivity index is 2.21. The third kappa shape index (κ3) is 2.38. The maximum atomic E-state index is 11.2. The lowest BCUT2D eigenvalue weighted by Gasteiger charge is -2.12. The van der Waals surface area contributed by atoms with Crippen molar-refractivity contribution in [3.8, 4) is 11.4 Å². The van der Waals surface area contributed by atoms with Crippen molar-refractivity contribution in [2.75, 3.05) is 0 Å². The van der Waals surface area contributed by atoms with Gasteiger partial charge in [-0.3, -0.25) is 10.1 Å². The summed E-state index contributed by atoms with van der Waals surface area (Å²) in [4.78, 5) is 19.9. The number of nitrogens with one attached hydrogen (secondary N) is 1. The molecule has 0 radical (unpaired) electrons. The summed E-state index contributed by atoms with van der Waals surface area (Å²) in [5.74, 6) is 0.691. The zero-order valence-corrected chi connectivity index (χ0v) is 12.0. The van der Waals surface area contributed by atoms with E-state index in [1.807, 2.05) is 0 Å². The van der Waals surface area contributed by atoms with Crippen LogP contribution in [-0.2, 0) is 13.1 Å². The second-order valence-corrected chi connectivity index (χ2v) is 5.39. The maximum Gasteiger partial charge on any atom is 0.280 e. The minimum absolute atomic E-state index is 0.0399. The molecule has 2 heterocycles. The van der Waals surface area contributed by atoms with Crippen LogP contribution in [0.3, 0.4) is 0 Å². The number of benzene rings is 1. The van der Waals surface area contributed by atoms with E-state index < -0.39 is 0 Å². The molecule has 3 rings (SSSR count). The van der Waals surface area contributed by atoms with Gasteiger partial charge in [-0.05, 0) is 12.0 Å². The summed E-state index contributed by atoms with van der Waals surface area (Å²) in [5.41, 5.74) is 3.56. The highest BCUT2D eigenvalue weighted by Gasteiger charge is 2.24. The van der Waals surface area contributed by atoms with Crippen molar-refractivity contribution in [1.29, 1.82) is 0 Å². The molecular weight excluding hydrogens is 268 g/mol. The number of hydrogen-bond acceptors (Lipinski definition) is 5. The SMILES string of the molecule is CC(C)c1nc(-c2ccccc2[N+](=O)[O-])nc2c1CNC2. The van der Waals surface area contributed by atoms with Gasteiger partial charge >= 0.3 is 0 Å². The van der Waals surface area contributed by atoms with E-state index in [1.54, 1.807) is 18.2 Å². The van der Waals surface area contributed by atoms with Crippen LogP contribution >= 0.6 is 0 Å². The van der Waals surface area contributed by atoms with Crippen LogP contribution in [0.5, 0.6) is 0 Å². The van der Waals surface area contributed by atoms with Crippen LogP contribution in [0, 0.1) is 10.1 Å². The molecular formula is C15H16N4O2. The first-order valence-electron chi connectivity index (χ1n) is 6.92. The Labute approximate surface area is 122 Å². The Kier molecular flexibility index (Phi) is 3.39. The molecule has 108 valence electrons. The third-order valence-electron chi connectivity index (χ3n) is 3.61. The molecule has 1 N–H and O–H groups in total. The molecule has 2 aromatic rings. The standard InChI is InChI=1S/C15H16N4O2/c1-9(2)14-11-7-16-8-12(11)17-15(18-14)10-5-3-4-6-13(10)19(20)21/h3-6,9,16H,7-8H2,1-2H3. The fourth-order valence-corrected chi connectivity index (χ4v) is 2.61. The van der Waals surface area contributed by atoms with Crippen LogP contribution in [0.25, 0.3) is 11.4 Å². The molecule has 0 aliphatic carbocycles. The van der Waals surface area contributed by atoms with Gasteiger partial charge < -0.3 is 5.32 Å². The van der Waals surface area contributed by atoms with Gasteiger partial charge in [-0.15, -0.1) is 0 Å². The average Bonchev–Trinajstić information content (AvgIpc) is 2.94. The van der Waals surface area contributed by atoms with Gasteiger partial charge in [0.2, 0.25) is 0 Å². The van der Waals surface area contributed by atoms with Gasteiger partial charge in [0.15, 0.2) is 5.82 Å². The number of nitro benzene ring substituents is 1. The van der Waals surface area contributed by atoms with Gasteiger partial charge in [-0.25, -0.2) is 9.97 Å². The highest BCUT2D eigenvalue weighted by molar-refractivity contribution is 5.68. The largest absolute Gasteiger partial charge is 0.307 e. The van der Waals surface area contributed by atoms with Gasteiger partial charge in [0.25, 0.3) is 5.69 Å². The smallest absolute Gasteiger partial charge is 0.280 e. The van der Waals surface area contributed by atoms with Crippen LogP contribution in [0.4, 0.5) is 5.69 Å². The number of fused-ring (bicyclic) bond motifs is 1. The lowest BCUT2D eigenvalue weighted by molar-refractivity contribution is -0.384. The Morgan fingerprint density at radius 3 is 2.71 bits per heavy atom. The highest BCUT2D eigenvalue weighted by Crippen LogP contribution is 2.31. The van der Waals surface area contributed by atoms with Gasteiger partial charge in [-0.2, -0.15) is 0 Å². The van der Waals surface area contributed by atoms with E-state index >= 15 is 0 Å². The predicted octanol–water partition coefficient (Wildman–Crippen LogP) is 2.78. The molecule has 1 aliphatic heterocycles. The van der Waals surface area contributed by atoms with E-state index in [1.165, 1.54) is 6.07 Å². The fourth-order valence-electron chi connectivity index (χ4n) is 2.61. The van der Waals surface area contributed by atoms with Gasteiger partial charge in [0, 0.05) is 24.7 Å². The molecule has 6 nitrogen and oxygen atoms in total. The summed E-state index contributed by atoms with van der Waals surface area (Å²) in [6, 6.07) is 6.61. The van der Waals surface area contributed by atoms with E-state index in [4.69, 9.17) is 0 Å². The first-order valence-corrected chi connectivity index (χ1v) is 6.92. The quantitative estimate of drug-likeness (QED) is 0.692. The molecule has 0 atom stereocenters. The second-order valence-electron chi connectivity index (χ2n) is 5.39. The molecule has 0 fully saturated rings. The van der Waals surface area contributed by atoms with Crippen LogP contribution in [0.2, 0.25) is 0 Å². The molecule has 0 spiro atoms.